The molecular weight excluding hydrogens is 256 g/mol. The van der Waals surface area contributed by atoms with Gasteiger partial charge in [-0.25, -0.2) is 0 Å². The minimum absolute atomic E-state index is 0.336. The Morgan fingerprint density at radius 2 is 2.00 bits per heavy atom. The molecule has 116 valence electrons. The molecule has 6 atom stereocenters. The number of allylic oxidation sites excluding steroid dienone is 2. The summed E-state index contributed by atoms with van der Waals surface area (Å²) >= 11 is 0. The number of hydrogen-bond acceptors (Lipinski definition) is 1. The molecule has 0 bridgehead atoms. The lowest BCUT2D eigenvalue weighted by atomic mass is 9.51. The molecule has 1 heteroatoms. The largest absolute Gasteiger partial charge is 0.300 e. The van der Waals surface area contributed by atoms with E-state index in [2.05, 4.69) is 13.0 Å². The van der Waals surface area contributed by atoms with Gasteiger partial charge < -0.3 is 0 Å². The van der Waals surface area contributed by atoms with Crippen molar-refractivity contribution in [1.82, 2.24) is 0 Å². The van der Waals surface area contributed by atoms with Gasteiger partial charge in [-0.3, -0.25) is 4.79 Å². The van der Waals surface area contributed by atoms with Crippen LogP contribution in [0.5, 0.6) is 0 Å². The normalized spacial score (nSPS) is 48.9. The predicted molar refractivity (Wildman–Crippen MR) is 85.9 cm³/mol. The van der Waals surface area contributed by atoms with E-state index in [-0.39, 0.29) is 0 Å². The highest BCUT2D eigenvalue weighted by molar-refractivity contribution is 5.79. The molecule has 0 heterocycles. The Kier molecular flexibility index (Phi) is 3.32. The topological polar surface area (TPSA) is 17.1 Å². The van der Waals surface area contributed by atoms with E-state index < -0.39 is 0 Å². The Bertz CT molecular complexity index is 476. The second-order valence-electron chi connectivity index (χ2n) is 8.57. The molecule has 21 heavy (non-hydrogen) atoms. The van der Waals surface area contributed by atoms with Crippen LogP contribution in [0.1, 0.15) is 71.6 Å². The zero-order valence-electron chi connectivity index (χ0n) is 13.7. The summed E-state index contributed by atoms with van der Waals surface area (Å²) in [5.41, 5.74) is 2.15. The van der Waals surface area contributed by atoms with Gasteiger partial charge in [0.2, 0.25) is 0 Å². The molecule has 0 aromatic rings. The number of hydrogen-bond donors (Lipinski definition) is 0. The van der Waals surface area contributed by atoms with Gasteiger partial charge >= 0.3 is 0 Å². The van der Waals surface area contributed by atoms with Crippen LogP contribution < -0.4 is 0 Å². The maximum Gasteiger partial charge on any atom is 0.133 e. The van der Waals surface area contributed by atoms with E-state index in [0.717, 1.165) is 23.7 Å². The van der Waals surface area contributed by atoms with Crippen molar-refractivity contribution < 1.29 is 4.79 Å². The average Bonchev–Trinajstić information content (AvgIpc) is 2.84. The third-order valence-corrected chi connectivity index (χ3v) is 7.87. The Morgan fingerprint density at radius 1 is 1.14 bits per heavy atom. The van der Waals surface area contributed by atoms with Crippen molar-refractivity contribution in [2.45, 2.75) is 71.6 Å². The Hall–Kier alpha value is -0.590. The lowest BCUT2D eigenvalue weighted by Gasteiger charge is -2.54. The van der Waals surface area contributed by atoms with Crippen molar-refractivity contribution in [3.05, 3.63) is 11.6 Å². The summed E-state index contributed by atoms with van der Waals surface area (Å²) in [6.45, 7) is 4.30. The van der Waals surface area contributed by atoms with E-state index in [1.807, 2.05) is 12.5 Å². The van der Waals surface area contributed by atoms with Gasteiger partial charge in [0.25, 0.3) is 0 Å². The van der Waals surface area contributed by atoms with E-state index in [4.69, 9.17) is 0 Å². The lowest BCUT2D eigenvalue weighted by molar-refractivity contribution is -0.126. The SMILES string of the molecule is CC(=O)[C@H]1CC[C@H]2[C@@H]3CCC4=CCCC[C@H]4[C@@H]3CC[C@]12C. The molecule has 1 nitrogen and oxygen atoms in total. The van der Waals surface area contributed by atoms with Crippen molar-refractivity contribution in [1.29, 1.82) is 0 Å². The van der Waals surface area contributed by atoms with E-state index in [1.165, 1.54) is 57.8 Å². The van der Waals surface area contributed by atoms with Crippen molar-refractivity contribution in [3.63, 3.8) is 0 Å². The quantitative estimate of drug-likeness (QED) is 0.609. The third-order valence-electron chi connectivity index (χ3n) is 7.87. The van der Waals surface area contributed by atoms with Gasteiger partial charge in [0.05, 0.1) is 0 Å². The molecule has 0 radical (unpaired) electrons. The molecule has 0 unspecified atom stereocenters. The van der Waals surface area contributed by atoms with Gasteiger partial charge in [-0.05, 0) is 93.8 Å². The number of carbonyl (C=O) groups excluding carboxylic acids is 1. The van der Waals surface area contributed by atoms with Gasteiger partial charge in [-0.1, -0.05) is 18.6 Å². The smallest absolute Gasteiger partial charge is 0.133 e. The van der Waals surface area contributed by atoms with Crippen LogP contribution in [0, 0.1) is 35.0 Å². The molecule has 0 spiro atoms. The number of carbonyl (C=O) groups is 1. The fourth-order valence-corrected chi connectivity index (χ4v) is 6.97. The summed E-state index contributed by atoms with van der Waals surface area (Å²) in [5.74, 6) is 4.47. The molecule has 0 aliphatic heterocycles. The van der Waals surface area contributed by atoms with E-state index >= 15 is 0 Å². The molecule has 3 saturated carbocycles. The zero-order valence-corrected chi connectivity index (χ0v) is 13.7. The minimum Gasteiger partial charge on any atom is -0.300 e. The van der Waals surface area contributed by atoms with E-state index in [1.54, 1.807) is 0 Å². The van der Waals surface area contributed by atoms with Crippen molar-refractivity contribution in [2.75, 3.05) is 0 Å². The third kappa shape index (κ3) is 1.99. The summed E-state index contributed by atoms with van der Waals surface area (Å²) in [4.78, 5) is 12.1. The Morgan fingerprint density at radius 3 is 2.81 bits per heavy atom. The van der Waals surface area contributed by atoms with Gasteiger partial charge in [0.1, 0.15) is 5.78 Å². The Labute approximate surface area is 129 Å². The maximum atomic E-state index is 12.1. The first-order valence-electron chi connectivity index (χ1n) is 9.30. The lowest BCUT2D eigenvalue weighted by Crippen LogP contribution is -2.47. The van der Waals surface area contributed by atoms with Crippen molar-refractivity contribution in [2.24, 2.45) is 35.0 Å². The second-order valence-corrected chi connectivity index (χ2v) is 8.57. The van der Waals surface area contributed by atoms with Gasteiger partial charge in [-0.2, -0.15) is 0 Å². The van der Waals surface area contributed by atoms with Gasteiger partial charge in [-0.15, -0.1) is 0 Å². The van der Waals surface area contributed by atoms with Crippen LogP contribution in [-0.4, -0.2) is 5.78 Å². The fourth-order valence-electron chi connectivity index (χ4n) is 6.97. The van der Waals surface area contributed by atoms with Crippen molar-refractivity contribution in [3.8, 4) is 0 Å². The molecule has 0 N–H and O–H groups in total. The highest BCUT2D eigenvalue weighted by Gasteiger charge is 2.56. The average molecular weight is 286 g/mol. The fraction of sp³-hybridized carbons (Fsp3) is 0.850. The molecule has 0 amide bonds. The van der Waals surface area contributed by atoms with Crippen LogP contribution in [0.3, 0.4) is 0 Å². The number of Topliss-reactive ketones (excluding diaryl/α,β-unsaturated/α-hetero) is 1. The monoisotopic (exact) mass is 286 g/mol. The summed E-state index contributed by atoms with van der Waals surface area (Å²) in [5, 5.41) is 0. The molecule has 3 fully saturated rings. The first kappa shape index (κ1) is 14.0. The Balaban J connectivity index is 1.62. The van der Waals surface area contributed by atoms with Gasteiger partial charge in [0.15, 0.2) is 0 Å². The summed E-state index contributed by atoms with van der Waals surface area (Å²) in [6.07, 6.45) is 14.8. The minimum atomic E-state index is 0.336. The van der Waals surface area contributed by atoms with Crippen LogP contribution in [0.15, 0.2) is 11.6 Å². The number of rotatable bonds is 1. The van der Waals surface area contributed by atoms with E-state index in [0.29, 0.717) is 17.1 Å². The van der Waals surface area contributed by atoms with Crippen LogP contribution in [0.2, 0.25) is 0 Å². The van der Waals surface area contributed by atoms with Crippen molar-refractivity contribution >= 4 is 5.78 Å². The summed E-state index contributed by atoms with van der Waals surface area (Å²) in [7, 11) is 0. The molecular formula is C20H30O. The standard InChI is InChI=1S/C20H30O/c1-13(21)18-9-10-19-17-8-7-14-5-3-4-6-15(14)16(17)11-12-20(18,19)2/h5,15-19H,3-4,6-12H2,1-2H3/t15-,16+,17-,18-,19+,20-/m1/s1. The van der Waals surface area contributed by atoms with Crippen LogP contribution >= 0.6 is 0 Å². The predicted octanol–water partition coefficient (Wildman–Crippen LogP) is 5.15. The summed E-state index contributed by atoms with van der Waals surface area (Å²) < 4.78 is 0. The van der Waals surface area contributed by atoms with Gasteiger partial charge in [0, 0.05) is 5.92 Å². The first-order valence-corrected chi connectivity index (χ1v) is 9.30. The number of ketones is 1. The molecule has 4 rings (SSSR count). The zero-order chi connectivity index (χ0) is 14.6. The van der Waals surface area contributed by atoms with Crippen LogP contribution in [0.4, 0.5) is 0 Å². The maximum absolute atomic E-state index is 12.1. The number of fused-ring (bicyclic) bond motifs is 5. The molecule has 0 aromatic heterocycles. The summed E-state index contributed by atoms with van der Waals surface area (Å²) in [6, 6.07) is 0. The highest BCUT2D eigenvalue weighted by Crippen LogP contribution is 2.63. The molecule has 4 aliphatic carbocycles. The van der Waals surface area contributed by atoms with Crippen LogP contribution in [0.25, 0.3) is 0 Å². The highest BCUT2D eigenvalue weighted by atomic mass is 16.1. The van der Waals surface area contributed by atoms with E-state index in [9.17, 15) is 4.79 Å². The molecule has 0 aromatic carbocycles. The molecule has 4 aliphatic rings. The first-order chi connectivity index (χ1) is 10.1. The second kappa shape index (κ2) is 4.96. The molecule has 0 saturated heterocycles. The van der Waals surface area contributed by atoms with Crippen LogP contribution in [-0.2, 0) is 4.79 Å².